The van der Waals surface area contributed by atoms with Crippen molar-refractivity contribution in [1.82, 2.24) is 5.32 Å². The van der Waals surface area contributed by atoms with Gasteiger partial charge in [-0.05, 0) is 77.0 Å². The Morgan fingerprint density at radius 1 is 0.444 bits per heavy atom. The zero-order chi connectivity index (χ0) is 39.3. The third-order valence-electron chi connectivity index (χ3n) is 10.5. The molecule has 0 aliphatic carbocycles. The van der Waals surface area contributed by atoms with E-state index in [2.05, 4.69) is 67.8 Å². The van der Waals surface area contributed by atoms with Gasteiger partial charge in [0.25, 0.3) is 0 Å². The Kier molecular flexibility index (Phi) is 43.9. The van der Waals surface area contributed by atoms with Gasteiger partial charge in [-0.25, -0.2) is 0 Å². The van der Waals surface area contributed by atoms with Crippen molar-refractivity contribution in [3.05, 3.63) is 60.8 Å². The van der Waals surface area contributed by atoms with Gasteiger partial charge < -0.3 is 15.5 Å². The summed E-state index contributed by atoms with van der Waals surface area (Å²) in [6.45, 7) is 4.28. The molecule has 0 spiro atoms. The molecule has 4 nitrogen and oxygen atoms in total. The molecule has 314 valence electrons. The minimum absolute atomic E-state index is 0.0832. The smallest absolute Gasteiger partial charge is 0.220 e. The number of allylic oxidation sites excluding steroid dienone is 9. The van der Waals surface area contributed by atoms with E-state index in [1.165, 1.54) is 167 Å². The largest absolute Gasteiger partial charge is 0.394 e. The molecular weight excluding hydrogens is 663 g/mol. The molecule has 54 heavy (non-hydrogen) atoms. The van der Waals surface area contributed by atoms with Crippen molar-refractivity contribution in [1.29, 1.82) is 0 Å². The second-order valence-corrected chi connectivity index (χ2v) is 15.8. The van der Waals surface area contributed by atoms with Crippen LogP contribution < -0.4 is 5.32 Å². The van der Waals surface area contributed by atoms with Crippen LogP contribution in [-0.4, -0.2) is 34.9 Å². The van der Waals surface area contributed by atoms with Crippen LogP contribution in [0.1, 0.15) is 232 Å². The number of hydrogen-bond donors (Lipinski definition) is 3. The predicted octanol–water partition coefficient (Wildman–Crippen LogP) is 14.9. The highest BCUT2D eigenvalue weighted by Gasteiger charge is 2.17. The number of carbonyl (C=O) groups excluding carboxylic acids is 1. The van der Waals surface area contributed by atoms with Crippen molar-refractivity contribution in [2.24, 2.45) is 0 Å². The molecule has 2 unspecified atom stereocenters. The highest BCUT2D eigenvalue weighted by atomic mass is 16.3. The van der Waals surface area contributed by atoms with Crippen LogP contribution in [0.3, 0.4) is 0 Å². The van der Waals surface area contributed by atoms with E-state index in [1.807, 2.05) is 6.08 Å². The summed E-state index contributed by atoms with van der Waals surface area (Å²) in [4.78, 5) is 12.4. The fraction of sp³-hybridized carbons (Fsp3) is 0.780. The molecule has 4 heteroatoms. The number of unbranched alkanes of at least 4 members (excludes halogenated alkanes) is 27. The average molecular weight is 754 g/mol. The van der Waals surface area contributed by atoms with Gasteiger partial charge in [-0.3, -0.25) is 4.79 Å². The fourth-order valence-corrected chi connectivity index (χ4v) is 6.83. The SMILES string of the molecule is CCCCCCC/C=C\C/C=C\CCCCCCCCCCCC(=O)NC(CO)C(O)/C=C/CC/C=C/CC/C=C/CCCCCCCCCCCCC. The molecular formula is C50H91NO3. The van der Waals surface area contributed by atoms with E-state index < -0.39 is 12.1 Å². The lowest BCUT2D eigenvalue weighted by Crippen LogP contribution is -2.45. The molecule has 0 fully saturated rings. The summed E-state index contributed by atoms with van der Waals surface area (Å²) in [5.41, 5.74) is 0. The zero-order valence-corrected chi connectivity index (χ0v) is 36.0. The lowest BCUT2D eigenvalue weighted by molar-refractivity contribution is -0.123. The first-order valence-corrected chi connectivity index (χ1v) is 23.5. The number of aliphatic hydroxyl groups excluding tert-OH is 2. The van der Waals surface area contributed by atoms with Gasteiger partial charge in [-0.1, -0.05) is 209 Å². The fourth-order valence-electron chi connectivity index (χ4n) is 6.83. The monoisotopic (exact) mass is 754 g/mol. The summed E-state index contributed by atoms with van der Waals surface area (Å²) in [7, 11) is 0. The highest BCUT2D eigenvalue weighted by molar-refractivity contribution is 5.76. The van der Waals surface area contributed by atoms with Gasteiger partial charge in [0.05, 0.1) is 18.8 Å². The van der Waals surface area contributed by atoms with E-state index >= 15 is 0 Å². The van der Waals surface area contributed by atoms with Gasteiger partial charge >= 0.3 is 0 Å². The molecule has 0 aliphatic rings. The minimum Gasteiger partial charge on any atom is -0.394 e. The lowest BCUT2D eigenvalue weighted by Gasteiger charge is -2.19. The Hall–Kier alpha value is -1.91. The van der Waals surface area contributed by atoms with E-state index in [1.54, 1.807) is 6.08 Å². The minimum atomic E-state index is -0.874. The van der Waals surface area contributed by atoms with Gasteiger partial charge in [0, 0.05) is 6.42 Å². The molecule has 0 saturated heterocycles. The number of aliphatic hydroxyl groups is 2. The maximum absolute atomic E-state index is 12.4. The number of rotatable bonds is 42. The Bertz CT molecular complexity index is 904. The zero-order valence-electron chi connectivity index (χ0n) is 36.0. The number of nitrogens with one attached hydrogen (secondary N) is 1. The molecule has 0 bridgehead atoms. The molecule has 0 heterocycles. The maximum atomic E-state index is 12.4. The van der Waals surface area contributed by atoms with E-state index in [-0.39, 0.29) is 12.5 Å². The first kappa shape index (κ1) is 52.1. The lowest BCUT2D eigenvalue weighted by atomic mass is 10.1. The van der Waals surface area contributed by atoms with Gasteiger partial charge in [-0.15, -0.1) is 0 Å². The highest BCUT2D eigenvalue weighted by Crippen LogP contribution is 2.14. The van der Waals surface area contributed by atoms with Crippen molar-refractivity contribution in [2.75, 3.05) is 6.61 Å². The Labute approximate surface area is 336 Å². The first-order valence-electron chi connectivity index (χ1n) is 23.5. The molecule has 2 atom stereocenters. The van der Waals surface area contributed by atoms with Crippen molar-refractivity contribution in [3.63, 3.8) is 0 Å². The Morgan fingerprint density at radius 2 is 0.778 bits per heavy atom. The van der Waals surface area contributed by atoms with Crippen LogP contribution in [0.5, 0.6) is 0 Å². The maximum Gasteiger partial charge on any atom is 0.220 e. The summed E-state index contributed by atoms with van der Waals surface area (Å²) in [6.07, 6.45) is 63.4. The number of amides is 1. The van der Waals surface area contributed by atoms with Gasteiger partial charge in [-0.2, -0.15) is 0 Å². The number of carbonyl (C=O) groups is 1. The first-order chi connectivity index (χ1) is 26.7. The third kappa shape index (κ3) is 41.3. The van der Waals surface area contributed by atoms with Gasteiger partial charge in [0.2, 0.25) is 5.91 Å². The normalized spacial score (nSPS) is 13.5. The van der Waals surface area contributed by atoms with Crippen LogP contribution in [0.2, 0.25) is 0 Å². The van der Waals surface area contributed by atoms with Crippen molar-refractivity contribution in [3.8, 4) is 0 Å². The summed E-state index contributed by atoms with van der Waals surface area (Å²) in [5, 5.41) is 23.0. The van der Waals surface area contributed by atoms with Gasteiger partial charge in [0.1, 0.15) is 0 Å². The predicted molar refractivity (Wildman–Crippen MR) is 239 cm³/mol. The topological polar surface area (TPSA) is 69.6 Å². The van der Waals surface area contributed by atoms with E-state index in [4.69, 9.17) is 0 Å². The summed E-state index contributed by atoms with van der Waals surface area (Å²) >= 11 is 0. The third-order valence-corrected chi connectivity index (χ3v) is 10.5. The molecule has 0 saturated carbocycles. The molecule has 1 amide bonds. The van der Waals surface area contributed by atoms with Crippen LogP contribution in [0.25, 0.3) is 0 Å². The molecule has 3 N–H and O–H groups in total. The van der Waals surface area contributed by atoms with Crippen molar-refractivity contribution in [2.45, 2.75) is 244 Å². The van der Waals surface area contributed by atoms with Gasteiger partial charge in [0.15, 0.2) is 0 Å². The molecule has 0 rings (SSSR count). The summed E-state index contributed by atoms with van der Waals surface area (Å²) < 4.78 is 0. The second-order valence-electron chi connectivity index (χ2n) is 15.8. The molecule has 0 aliphatic heterocycles. The van der Waals surface area contributed by atoms with Crippen LogP contribution >= 0.6 is 0 Å². The quantitative estimate of drug-likeness (QED) is 0.0429. The van der Waals surface area contributed by atoms with E-state index in [9.17, 15) is 15.0 Å². The van der Waals surface area contributed by atoms with Crippen LogP contribution in [0.15, 0.2) is 60.8 Å². The van der Waals surface area contributed by atoms with Crippen molar-refractivity contribution >= 4 is 5.91 Å². The number of hydrogen-bond acceptors (Lipinski definition) is 3. The van der Waals surface area contributed by atoms with E-state index in [0.717, 1.165) is 44.9 Å². The average Bonchev–Trinajstić information content (AvgIpc) is 3.18. The van der Waals surface area contributed by atoms with Crippen LogP contribution in [-0.2, 0) is 4.79 Å². The second kappa shape index (κ2) is 45.5. The molecule has 0 aromatic rings. The van der Waals surface area contributed by atoms with Crippen LogP contribution in [0.4, 0.5) is 0 Å². The van der Waals surface area contributed by atoms with Crippen LogP contribution in [0, 0.1) is 0 Å². The molecule has 0 aromatic carbocycles. The van der Waals surface area contributed by atoms with Crippen molar-refractivity contribution < 1.29 is 15.0 Å². The molecule has 0 radical (unpaired) electrons. The standard InChI is InChI=1S/C50H91NO3/c1-3-5-7-9-11-13-15-17-19-21-23-25-27-29-31-33-35-37-39-41-43-45-49(53)48(47-52)51-50(54)46-44-42-40-38-36-34-32-30-28-26-24-22-20-18-16-14-12-10-8-6-4-2/h16,18,22,24,27,29,35,37,43,45,48-49,52-53H,3-15,17,19-21,23,25-26,28,30-34,36,38-42,44,46-47H2,1-2H3,(H,51,54)/b18-16-,24-22-,29-27+,37-35+,45-43+. The Morgan fingerprint density at radius 3 is 1.19 bits per heavy atom. The summed E-state index contributed by atoms with van der Waals surface area (Å²) in [5.74, 6) is -0.0832. The van der Waals surface area contributed by atoms with E-state index in [0.29, 0.717) is 6.42 Å². The summed E-state index contributed by atoms with van der Waals surface area (Å²) in [6, 6.07) is -0.650. The Balaban J connectivity index is 3.64. The molecule has 0 aromatic heterocycles.